The Balaban J connectivity index is 1.96. The lowest BCUT2D eigenvalue weighted by Gasteiger charge is -2.11. The van der Waals surface area contributed by atoms with Crippen molar-refractivity contribution in [1.29, 1.82) is 0 Å². The smallest absolute Gasteiger partial charge is 0.324 e. The van der Waals surface area contributed by atoms with Gasteiger partial charge in [-0.1, -0.05) is 23.9 Å². The number of alkyl halides is 3. The largest absolute Gasteiger partial charge is 0.398 e. The third-order valence-electron chi connectivity index (χ3n) is 2.85. The zero-order valence-corrected chi connectivity index (χ0v) is 15.2. The molecule has 1 aromatic heterocycles. The molecule has 0 atom stereocenters. The van der Waals surface area contributed by atoms with Crippen molar-refractivity contribution in [2.75, 3.05) is 16.8 Å². The normalized spacial score (nSPS) is 11.4. The second-order valence-electron chi connectivity index (χ2n) is 5.17. The molecule has 0 aliphatic rings. The highest BCUT2D eigenvalue weighted by atomic mass is 32.2. The summed E-state index contributed by atoms with van der Waals surface area (Å²) in [4.78, 5) is 20.9. The number of benzene rings is 1. The number of amides is 1. The van der Waals surface area contributed by atoms with Gasteiger partial charge in [-0.2, -0.15) is 13.2 Å². The van der Waals surface area contributed by atoms with Crippen molar-refractivity contribution in [3.05, 3.63) is 41.7 Å². The van der Waals surface area contributed by atoms with Crippen molar-refractivity contribution < 1.29 is 18.0 Å². The minimum absolute atomic E-state index is 0.0706. The molecule has 2 rings (SSSR count). The zero-order chi connectivity index (χ0) is 18.4. The zero-order valence-electron chi connectivity index (χ0n) is 13.6. The molecule has 0 saturated heterocycles. The van der Waals surface area contributed by atoms with E-state index in [9.17, 15) is 18.0 Å². The number of rotatable bonds is 6. The van der Waals surface area contributed by atoms with Crippen LogP contribution in [0.25, 0.3) is 0 Å². The number of nitrogens with one attached hydrogen (secondary N) is 1. The van der Waals surface area contributed by atoms with E-state index in [0.717, 1.165) is 11.4 Å². The maximum absolute atomic E-state index is 12.4. The molecular weight excluding hydrogens is 371 g/mol. The first kappa shape index (κ1) is 19.6. The minimum Gasteiger partial charge on any atom is -0.324 e. The molecule has 0 radical (unpaired) electrons. The van der Waals surface area contributed by atoms with Gasteiger partial charge in [0.25, 0.3) is 0 Å². The topological polar surface area (TPSA) is 54.9 Å². The predicted molar refractivity (Wildman–Crippen MR) is 94.1 cm³/mol. The molecule has 0 spiro atoms. The SMILES string of the molecule is Cc1cc(C)nc(SCC(=O)Nc2ccccc2SCC(F)(F)F)n1. The van der Waals surface area contributed by atoms with Gasteiger partial charge >= 0.3 is 6.18 Å². The molecule has 9 heteroatoms. The van der Waals surface area contributed by atoms with Crippen LogP contribution < -0.4 is 5.32 Å². The summed E-state index contributed by atoms with van der Waals surface area (Å²) < 4.78 is 37.2. The van der Waals surface area contributed by atoms with Gasteiger partial charge in [0, 0.05) is 16.3 Å². The number of hydrogen-bond acceptors (Lipinski definition) is 5. The van der Waals surface area contributed by atoms with E-state index in [4.69, 9.17) is 0 Å². The molecule has 0 aliphatic heterocycles. The highest BCUT2D eigenvalue weighted by molar-refractivity contribution is 8.00. The van der Waals surface area contributed by atoms with E-state index >= 15 is 0 Å². The van der Waals surface area contributed by atoms with Crippen molar-refractivity contribution in [2.45, 2.75) is 30.1 Å². The number of hydrogen-bond donors (Lipinski definition) is 1. The van der Waals surface area contributed by atoms with E-state index in [2.05, 4.69) is 15.3 Å². The Bertz CT molecular complexity index is 733. The number of carbonyl (C=O) groups excluding carboxylic acids is 1. The Kier molecular flexibility index (Phi) is 6.71. The van der Waals surface area contributed by atoms with Crippen LogP contribution in [-0.4, -0.2) is 33.6 Å². The first-order valence-electron chi connectivity index (χ1n) is 7.26. The first-order valence-corrected chi connectivity index (χ1v) is 9.23. The Hall–Kier alpha value is -1.74. The second kappa shape index (κ2) is 8.57. The summed E-state index contributed by atoms with van der Waals surface area (Å²) in [6, 6.07) is 8.25. The molecule has 134 valence electrons. The van der Waals surface area contributed by atoms with Crippen molar-refractivity contribution in [1.82, 2.24) is 9.97 Å². The quantitative estimate of drug-likeness (QED) is 0.585. The average molecular weight is 387 g/mol. The van der Waals surface area contributed by atoms with Gasteiger partial charge < -0.3 is 5.32 Å². The molecule has 1 heterocycles. The van der Waals surface area contributed by atoms with E-state index in [0.29, 0.717) is 27.5 Å². The van der Waals surface area contributed by atoms with Gasteiger partial charge in [0.2, 0.25) is 5.91 Å². The number of thioether (sulfide) groups is 2. The molecule has 25 heavy (non-hydrogen) atoms. The van der Waals surface area contributed by atoms with Crippen LogP contribution in [0.4, 0.5) is 18.9 Å². The maximum Gasteiger partial charge on any atom is 0.398 e. The lowest BCUT2D eigenvalue weighted by Crippen LogP contribution is -2.15. The lowest BCUT2D eigenvalue weighted by molar-refractivity contribution is -0.113. The van der Waals surface area contributed by atoms with Gasteiger partial charge in [0.05, 0.1) is 17.2 Å². The summed E-state index contributed by atoms with van der Waals surface area (Å²) in [7, 11) is 0. The monoisotopic (exact) mass is 387 g/mol. The van der Waals surface area contributed by atoms with Gasteiger partial charge in [0.15, 0.2) is 5.16 Å². The van der Waals surface area contributed by atoms with Crippen molar-refractivity contribution in [3.63, 3.8) is 0 Å². The molecule has 0 saturated carbocycles. The van der Waals surface area contributed by atoms with Gasteiger partial charge in [-0.15, -0.1) is 11.8 Å². The van der Waals surface area contributed by atoms with Gasteiger partial charge in [-0.25, -0.2) is 9.97 Å². The number of aromatic nitrogens is 2. The fourth-order valence-corrected chi connectivity index (χ4v) is 3.45. The number of aryl methyl sites for hydroxylation is 2. The van der Waals surface area contributed by atoms with Crippen LogP contribution >= 0.6 is 23.5 Å². The van der Waals surface area contributed by atoms with Crippen LogP contribution in [-0.2, 0) is 4.79 Å². The number of halogens is 3. The van der Waals surface area contributed by atoms with Crippen LogP contribution in [0.3, 0.4) is 0 Å². The van der Waals surface area contributed by atoms with Crippen LogP contribution in [0.5, 0.6) is 0 Å². The van der Waals surface area contributed by atoms with Crippen molar-refractivity contribution in [2.24, 2.45) is 0 Å². The molecule has 1 amide bonds. The summed E-state index contributed by atoms with van der Waals surface area (Å²) in [6.45, 7) is 3.68. The number of anilines is 1. The summed E-state index contributed by atoms with van der Waals surface area (Å²) in [5, 5.41) is 3.14. The Labute approximate surface area is 152 Å². The Morgan fingerprint density at radius 1 is 1.12 bits per heavy atom. The first-order chi connectivity index (χ1) is 11.7. The van der Waals surface area contributed by atoms with Gasteiger partial charge in [0.1, 0.15) is 0 Å². The predicted octanol–water partition coefficient (Wildman–Crippen LogP) is 4.48. The molecular formula is C16H16F3N3OS2. The second-order valence-corrected chi connectivity index (χ2v) is 7.13. The maximum atomic E-state index is 12.4. The van der Waals surface area contributed by atoms with Crippen molar-refractivity contribution >= 4 is 35.1 Å². The van der Waals surface area contributed by atoms with E-state index in [1.807, 2.05) is 19.9 Å². The fourth-order valence-electron chi connectivity index (χ4n) is 1.93. The summed E-state index contributed by atoms with van der Waals surface area (Å²) in [6.07, 6.45) is -4.27. The van der Waals surface area contributed by atoms with E-state index in [1.165, 1.54) is 11.8 Å². The van der Waals surface area contributed by atoms with Gasteiger partial charge in [-0.05, 0) is 32.0 Å². The van der Waals surface area contributed by atoms with E-state index in [-0.39, 0.29) is 11.7 Å². The lowest BCUT2D eigenvalue weighted by atomic mass is 10.3. The molecule has 2 aromatic rings. The third-order valence-corrected chi connectivity index (χ3v) is 4.83. The molecule has 0 bridgehead atoms. The highest BCUT2D eigenvalue weighted by Gasteiger charge is 2.27. The molecule has 1 aromatic carbocycles. The Morgan fingerprint density at radius 2 is 1.76 bits per heavy atom. The van der Waals surface area contributed by atoms with E-state index < -0.39 is 11.9 Å². The van der Waals surface area contributed by atoms with Crippen LogP contribution in [0.15, 0.2) is 40.4 Å². The summed E-state index contributed by atoms with van der Waals surface area (Å²) >= 11 is 1.82. The molecule has 0 unspecified atom stereocenters. The van der Waals surface area contributed by atoms with Crippen molar-refractivity contribution in [3.8, 4) is 0 Å². The third kappa shape index (κ3) is 6.95. The summed E-state index contributed by atoms with van der Waals surface area (Å²) in [5.74, 6) is -1.26. The van der Waals surface area contributed by atoms with Crippen LogP contribution in [0.2, 0.25) is 0 Å². The molecule has 0 aliphatic carbocycles. The summed E-state index contributed by atoms with van der Waals surface area (Å²) in [5.41, 5.74) is 1.98. The van der Waals surface area contributed by atoms with Gasteiger partial charge in [-0.3, -0.25) is 4.79 Å². The highest BCUT2D eigenvalue weighted by Crippen LogP contribution is 2.32. The molecule has 4 nitrogen and oxygen atoms in total. The molecule has 0 fully saturated rings. The van der Waals surface area contributed by atoms with E-state index in [1.54, 1.807) is 24.3 Å². The minimum atomic E-state index is -4.27. The fraction of sp³-hybridized carbons (Fsp3) is 0.312. The van der Waals surface area contributed by atoms with Crippen LogP contribution in [0.1, 0.15) is 11.4 Å². The van der Waals surface area contributed by atoms with Crippen LogP contribution in [0, 0.1) is 13.8 Å². The molecule has 1 N–H and O–H groups in total. The standard InChI is InChI=1S/C16H16F3N3OS2/c1-10-7-11(2)21-15(20-10)24-8-14(23)22-12-5-3-4-6-13(12)25-9-16(17,18)19/h3-7H,8-9H2,1-2H3,(H,22,23). The number of carbonyl (C=O) groups is 1. The average Bonchev–Trinajstić information content (AvgIpc) is 2.50. The number of para-hydroxylation sites is 1. The Morgan fingerprint density at radius 3 is 2.40 bits per heavy atom. The number of nitrogens with zero attached hydrogens (tertiary/aromatic N) is 2.